The molecule has 0 aromatic rings. The third kappa shape index (κ3) is 7.97. The fourth-order valence-electron chi connectivity index (χ4n) is 14.6. The van der Waals surface area contributed by atoms with Crippen molar-refractivity contribution in [2.24, 2.45) is 44.3 Å². The molecule has 384 valence electrons. The van der Waals surface area contributed by atoms with Crippen molar-refractivity contribution < 1.29 is 94.8 Å². The number of fused-ring (bicyclic) bond motifs is 6. The molecule has 13 N–H and O–H groups in total. The maximum atomic E-state index is 12.1. The zero-order valence-electron chi connectivity index (χ0n) is 39.6. The number of aliphatic hydroxyl groups is 13. The Balaban J connectivity index is 1.12. The summed E-state index contributed by atoms with van der Waals surface area (Å²) in [7, 11) is 0. The van der Waals surface area contributed by atoms with Crippen molar-refractivity contribution >= 4 is 0 Å². The topological polar surface area (TPSA) is 318 Å². The summed E-state index contributed by atoms with van der Waals surface area (Å²) in [5.74, 6) is -0.152. The van der Waals surface area contributed by atoms with Crippen LogP contribution in [0, 0.1) is 44.3 Å². The first kappa shape index (κ1) is 52.1. The average molecular weight is 959 g/mol. The molecular formula is C48H78O19. The van der Waals surface area contributed by atoms with E-state index < -0.39 is 139 Å². The highest BCUT2D eigenvalue weighted by atomic mass is 16.8. The Kier molecular flexibility index (Phi) is 14.5. The zero-order chi connectivity index (χ0) is 49.0. The number of hydrogen-bond donors (Lipinski definition) is 13. The lowest BCUT2D eigenvalue weighted by atomic mass is 9.35. The van der Waals surface area contributed by atoms with E-state index in [1.807, 2.05) is 6.92 Å². The number of allylic oxidation sites excluding steroid dienone is 3. The van der Waals surface area contributed by atoms with Gasteiger partial charge < -0.3 is 94.8 Å². The fourth-order valence-corrected chi connectivity index (χ4v) is 14.6. The van der Waals surface area contributed by atoms with Crippen molar-refractivity contribution in [3.8, 4) is 0 Å². The molecule has 0 spiro atoms. The van der Waals surface area contributed by atoms with E-state index in [-0.39, 0.29) is 42.5 Å². The molecule has 3 heterocycles. The van der Waals surface area contributed by atoms with Gasteiger partial charge >= 0.3 is 0 Å². The molecule has 8 rings (SSSR count). The lowest BCUT2D eigenvalue weighted by Crippen LogP contribution is -2.68. The molecule has 3 saturated carbocycles. The van der Waals surface area contributed by atoms with Crippen LogP contribution in [0.15, 0.2) is 23.3 Å². The van der Waals surface area contributed by atoms with E-state index in [4.69, 9.17) is 28.4 Å². The van der Waals surface area contributed by atoms with Crippen molar-refractivity contribution in [3.63, 3.8) is 0 Å². The van der Waals surface area contributed by atoms with Gasteiger partial charge in [-0.25, -0.2) is 0 Å². The fraction of sp³-hybridized carbons (Fsp3) is 0.917. The predicted molar refractivity (Wildman–Crippen MR) is 233 cm³/mol. The van der Waals surface area contributed by atoms with Crippen molar-refractivity contribution in [1.82, 2.24) is 0 Å². The second kappa shape index (κ2) is 18.6. The maximum Gasteiger partial charge on any atom is 0.187 e. The van der Waals surface area contributed by atoms with Crippen LogP contribution in [-0.4, -0.2) is 204 Å². The second-order valence-electron chi connectivity index (χ2n) is 22.9. The first-order chi connectivity index (χ1) is 31.5. The van der Waals surface area contributed by atoms with Crippen LogP contribution in [0.1, 0.15) is 92.9 Å². The van der Waals surface area contributed by atoms with Gasteiger partial charge in [-0.1, -0.05) is 52.3 Å². The van der Waals surface area contributed by atoms with E-state index >= 15 is 0 Å². The number of hydrogen-bond acceptors (Lipinski definition) is 19. The molecule has 0 amide bonds. The Bertz CT molecular complexity index is 1830. The highest BCUT2D eigenvalue weighted by molar-refractivity contribution is 5.47. The maximum absolute atomic E-state index is 12.1. The van der Waals surface area contributed by atoms with Gasteiger partial charge in [-0.05, 0) is 91.9 Å². The third-order valence-corrected chi connectivity index (χ3v) is 19.2. The summed E-state index contributed by atoms with van der Waals surface area (Å²) in [5, 5.41) is 141. The largest absolute Gasteiger partial charge is 0.396 e. The smallest absolute Gasteiger partial charge is 0.187 e. The Morgan fingerprint density at radius 2 is 1.21 bits per heavy atom. The number of ether oxygens (including phenoxy) is 6. The van der Waals surface area contributed by atoms with Crippen LogP contribution in [0.25, 0.3) is 0 Å². The lowest BCUT2D eigenvalue weighted by molar-refractivity contribution is -0.398. The Morgan fingerprint density at radius 3 is 1.76 bits per heavy atom. The molecule has 0 aromatic heterocycles. The van der Waals surface area contributed by atoms with E-state index in [1.165, 1.54) is 6.92 Å². The van der Waals surface area contributed by atoms with Gasteiger partial charge in [0.25, 0.3) is 0 Å². The van der Waals surface area contributed by atoms with Crippen molar-refractivity contribution in [1.29, 1.82) is 0 Å². The second-order valence-corrected chi connectivity index (χ2v) is 22.9. The van der Waals surface area contributed by atoms with Crippen LogP contribution < -0.4 is 0 Å². The minimum absolute atomic E-state index is 0.00236. The third-order valence-electron chi connectivity index (χ3n) is 19.2. The number of aliphatic hydroxyl groups excluding tert-OH is 13. The van der Waals surface area contributed by atoms with E-state index in [0.29, 0.717) is 44.9 Å². The minimum Gasteiger partial charge on any atom is -0.396 e. The highest BCUT2D eigenvalue weighted by Crippen LogP contribution is 2.74. The SMILES string of the molecule is C[C@H]1O[C@@H](O[C@H]2CC[C@@]3(C)[C@@H](CC[C@]4(C)[C@@H]3C=CC3=C5C[C@@](C)(CO)CC[C@]5(CO)[C@@H](O)C[C@]34C)[C@]2(C)CO)[C@H](O[C@@H]2O[C@H](CO)[C@@H](O)[C@H](O)[C@H]2O)[C@@H](O[C@@H]2O[C@H](CO)[C@@H](O)[C@H](O)[C@H]2O)[C@H]1O. The first-order valence-electron chi connectivity index (χ1n) is 24.3. The minimum atomic E-state index is -1.90. The van der Waals surface area contributed by atoms with Crippen LogP contribution in [0.2, 0.25) is 0 Å². The summed E-state index contributed by atoms with van der Waals surface area (Å²) in [6.07, 6.45) is -16.8. The highest BCUT2D eigenvalue weighted by Gasteiger charge is 2.69. The normalized spacial score (nSPS) is 55.6. The van der Waals surface area contributed by atoms with Gasteiger partial charge in [0.05, 0.1) is 44.7 Å². The molecule has 0 radical (unpaired) electrons. The van der Waals surface area contributed by atoms with Crippen LogP contribution in [0.4, 0.5) is 0 Å². The number of rotatable bonds is 11. The molecule has 6 fully saturated rings. The van der Waals surface area contributed by atoms with E-state index in [0.717, 1.165) is 17.6 Å². The van der Waals surface area contributed by atoms with Crippen molar-refractivity contribution in [2.45, 2.75) is 197 Å². The average Bonchev–Trinajstić information content (AvgIpc) is 3.30. The molecule has 19 nitrogen and oxygen atoms in total. The van der Waals surface area contributed by atoms with Crippen LogP contribution in [0.5, 0.6) is 0 Å². The molecule has 3 saturated heterocycles. The summed E-state index contributed by atoms with van der Waals surface area (Å²) in [5.41, 5.74) is -1.14. The molecule has 67 heavy (non-hydrogen) atoms. The van der Waals surface area contributed by atoms with Crippen LogP contribution in [0.3, 0.4) is 0 Å². The molecular weight excluding hydrogens is 881 g/mol. The molecule has 3 aliphatic heterocycles. The Hall–Kier alpha value is -1.28. The summed E-state index contributed by atoms with van der Waals surface area (Å²) in [4.78, 5) is 0. The van der Waals surface area contributed by atoms with Gasteiger partial charge in [-0.3, -0.25) is 0 Å². The standard InChI is InChI=1S/C48H78O19/c1-22-31(55)38(66-40-36(60)34(58)32(56)25(17-49)63-40)39(67-41-37(61)35(59)33(57)26(18-50)64-41)42(62-22)65-30-10-11-44(3)27(45(30,4)20-52)9-12-46(5)28(44)8-7-23-24-15-43(2,19-51)13-14-48(24,21-53)29(54)16-47(23,46)6/h7-8,22,25-42,49-61H,9-21H2,1-6H3/t22-,25-,26-,27-,28-,29+,30+,31+,32-,33-,34+,35+,36-,37-,38+,39-,40+,41+,42+,43+,44+,45+,46-,47-,48-/m1/s1. The lowest BCUT2D eigenvalue weighted by Gasteiger charge is -2.70. The van der Waals surface area contributed by atoms with Gasteiger partial charge in [-0.2, -0.15) is 0 Å². The molecule has 5 aliphatic carbocycles. The van der Waals surface area contributed by atoms with Crippen molar-refractivity contribution in [2.75, 3.05) is 33.0 Å². The van der Waals surface area contributed by atoms with Gasteiger partial charge in [-0.15, -0.1) is 0 Å². The van der Waals surface area contributed by atoms with E-state index in [2.05, 4.69) is 39.8 Å². The van der Waals surface area contributed by atoms with Crippen LogP contribution in [-0.2, 0) is 28.4 Å². The predicted octanol–water partition coefficient (Wildman–Crippen LogP) is -1.52. The monoisotopic (exact) mass is 959 g/mol. The van der Waals surface area contributed by atoms with Gasteiger partial charge in [0.15, 0.2) is 18.9 Å². The molecule has 0 unspecified atom stereocenters. The molecule has 25 atom stereocenters. The summed E-state index contributed by atoms with van der Waals surface area (Å²) < 4.78 is 37.1. The molecule has 8 aliphatic rings. The molecule has 0 aromatic carbocycles. The van der Waals surface area contributed by atoms with Gasteiger partial charge in [0, 0.05) is 22.9 Å². The molecule has 0 bridgehead atoms. The van der Waals surface area contributed by atoms with E-state index in [1.54, 1.807) is 0 Å². The molecule has 19 heteroatoms. The van der Waals surface area contributed by atoms with Crippen LogP contribution >= 0.6 is 0 Å². The summed E-state index contributed by atoms with van der Waals surface area (Å²) >= 11 is 0. The summed E-state index contributed by atoms with van der Waals surface area (Å²) in [6, 6.07) is 0. The zero-order valence-corrected chi connectivity index (χ0v) is 39.6. The quantitative estimate of drug-likeness (QED) is 0.105. The summed E-state index contributed by atoms with van der Waals surface area (Å²) in [6.45, 7) is 10.4. The first-order valence-corrected chi connectivity index (χ1v) is 24.3. The Morgan fingerprint density at radius 1 is 0.612 bits per heavy atom. The van der Waals surface area contributed by atoms with Gasteiger partial charge in [0.1, 0.15) is 67.1 Å². The van der Waals surface area contributed by atoms with Crippen molar-refractivity contribution in [3.05, 3.63) is 23.3 Å². The Labute approximate surface area is 391 Å². The van der Waals surface area contributed by atoms with Gasteiger partial charge in [0.2, 0.25) is 0 Å². The van der Waals surface area contributed by atoms with E-state index in [9.17, 15) is 66.4 Å².